The Morgan fingerprint density at radius 2 is 1.73 bits per heavy atom. The van der Waals surface area contributed by atoms with Crippen molar-refractivity contribution >= 4 is 55.0 Å². The van der Waals surface area contributed by atoms with Gasteiger partial charge >= 0.3 is 0 Å². The molecule has 8 nitrogen and oxygen atoms in total. The minimum atomic E-state index is -3.85. The van der Waals surface area contributed by atoms with Gasteiger partial charge in [-0.25, -0.2) is 13.4 Å². The molecule has 0 saturated heterocycles. The van der Waals surface area contributed by atoms with Gasteiger partial charge in [-0.1, -0.05) is 23.7 Å². The van der Waals surface area contributed by atoms with E-state index in [-0.39, 0.29) is 11.3 Å². The van der Waals surface area contributed by atoms with Crippen molar-refractivity contribution in [1.29, 1.82) is 0 Å². The number of amides is 2. The number of para-hydroxylation sites is 1. The highest BCUT2D eigenvalue weighted by Crippen LogP contribution is 2.22. The lowest BCUT2D eigenvalue weighted by Crippen LogP contribution is -2.46. The number of aryl methyl sites for hydroxylation is 1. The van der Waals surface area contributed by atoms with Crippen molar-refractivity contribution in [3.05, 3.63) is 58.6 Å². The highest BCUT2D eigenvalue weighted by atomic mass is 35.5. The van der Waals surface area contributed by atoms with E-state index < -0.39 is 28.4 Å². The maximum atomic E-state index is 12.5. The average molecular weight is 467 g/mol. The fraction of sp³-hybridized carbons (Fsp3) is 0.211. The van der Waals surface area contributed by atoms with Gasteiger partial charge in [-0.2, -0.15) is 4.31 Å². The van der Waals surface area contributed by atoms with Gasteiger partial charge in [-0.15, -0.1) is 11.3 Å². The van der Waals surface area contributed by atoms with Crippen LogP contribution in [-0.4, -0.2) is 43.1 Å². The largest absolute Gasteiger partial charge is 0.273 e. The Kier molecular flexibility index (Phi) is 7.03. The van der Waals surface area contributed by atoms with Gasteiger partial charge in [0.2, 0.25) is 15.9 Å². The standard InChI is InChI=1S/C19H19ClN4O4S2/c1-24(30(27,28)14-8-6-13(20)7-9-14)12-18(26)23-22-17(25)10-11-19-21-15-4-2-3-5-16(15)29-19/h2-9H,10-12H2,1H3,(H,22,25)(H,23,26). The lowest BCUT2D eigenvalue weighted by Gasteiger charge is -2.17. The van der Waals surface area contributed by atoms with Gasteiger partial charge in [0.1, 0.15) is 0 Å². The van der Waals surface area contributed by atoms with Crippen molar-refractivity contribution in [3.63, 3.8) is 0 Å². The van der Waals surface area contributed by atoms with Crippen LogP contribution in [-0.2, 0) is 26.0 Å². The van der Waals surface area contributed by atoms with Crippen molar-refractivity contribution in [2.75, 3.05) is 13.6 Å². The number of rotatable bonds is 7. The van der Waals surface area contributed by atoms with Crippen LogP contribution in [0.3, 0.4) is 0 Å². The molecule has 2 amide bonds. The van der Waals surface area contributed by atoms with Gasteiger partial charge in [0.15, 0.2) is 0 Å². The molecular formula is C19H19ClN4O4S2. The van der Waals surface area contributed by atoms with E-state index in [1.807, 2.05) is 24.3 Å². The van der Waals surface area contributed by atoms with Crippen molar-refractivity contribution in [2.45, 2.75) is 17.7 Å². The van der Waals surface area contributed by atoms with Crippen LogP contribution in [0.5, 0.6) is 0 Å². The molecule has 3 rings (SSSR count). The SMILES string of the molecule is CN(CC(=O)NNC(=O)CCc1nc2ccccc2s1)S(=O)(=O)c1ccc(Cl)cc1. The quantitative estimate of drug-likeness (QED) is 0.519. The predicted octanol–water partition coefficient (Wildman–Crippen LogP) is 2.35. The number of hydrogen-bond acceptors (Lipinski definition) is 6. The zero-order valence-corrected chi connectivity index (χ0v) is 18.4. The number of hydrogen-bond donors (Lipinski definition) is 2. The zero-order valence-electron chi connectivity index (χ0n) is 16.0. The Balaban J connectivity index is 1.46. The summed E-state index contributed by atoms with van der Waals surface area (Å²) >= 11 is 7.28. The van der Waals surface area contributed by atoms with E-state index in [1.54, 1.807) is 0 Å². The van der Waals surface area contributed by atoms with E-state index in [0.29, 0.717) is 11.4 Å². The summed E-state index contributed by atoms with van der Waals surface area (Å²) in [4.78, 5) is 28.5. The Bertz CT molecular complexity index is 1130. The van der Waals surface area contributed by atoms with Gasteiger partial charge in [-0.05, 0) is 36.4 Å². The zero-order chi connectivity index (χ0) is 21.7. The third-order valence-electron chi connectivity index (χ3n) is 4.13. The minimum Gasteiger partial charge on any atom is -0.273 e. The van der Waals surface area contributed by atoms with Gasteiger partial charge in [0.05, 0.1) is 26.7 Å². The smallest absolute Gasteiger partial charge is 0.253 e. The van der Waals surface area contributed by atoms with E-state index in [4.69, 9.17) is 11.6 Å². The summed E-state index contributed by atoms with van der Waals surface area (Å²) in [6, 6.07) is 13.3. The van der Waals surface area contributed by atoms with Crippen LogP contribution >= 0.6 is 22.9 Å². The third-order valence-corrected chi connectivity index (χ3v) is 7.30. The van der Waals surface area contributed by atoms with Gasteiger partial charge < -0.3 is 0 Å². The number of halogens is 1. The number of fused-ring (bicyclic) bond motifs is 1. The van der Waals surface area contributed by atoms with Crippen molar-refractivity contribution in [3.8, 4) is 0 Å². The fourth-order valence-electron chi connectivity index (χ4n) is 2.56. The van der Waals surface area contributed by atoms with Crippen LogP contribution < -0.4 is 10.9 Å². The summed E-state index contributed by atoms with van der Waals surface area (Å²) in [5.74, 6) is -1.06. The molecular weight excluding hydrogens is 448 g/mol. The van der Waals surface area contributed by atoms with E-state index in [2.05, 4.69) is 15.8 Å². The average Bonchev–Trinajstić information content (AvgIpc) is 3.14. The van der Waals surface area contributed by atoms with E-state index in [1.165, 1.54) is 42.6 Å². The normalized spacial score (nSPS) is 11.6. The number of carbonyl (C=O) groups excluding carboxylic acids is 2. The highest BCUT2D eigenvalue weighted by Gasteiger charge is 2.23. The molecule has 1 heterocycles. The number of nitrogens with zero attached hydrogens (tertiary/aromatic N) is 2. The van der Waals surface area contributed by atoms with E-state index in [9.17, 15) is 18.0 Å². The second kappa shape index (κ2) is 9.52. The molecule has 0 aliphatic rings. The summed E-state index contributed by atoms with van der Waals surface area (Å²) in [6.45, 7) is -0.455. The van der Waals surface area contributed by atoms with E-state index in [0.717, 1.165) is 19.5 Å². The first kappa shape index (κ1) is 22.2. The maximum Gasteiger partial charge on any atom is 0.253 e. The predicted molar refractivity (Wildman–Crippen MR) is 115 cm³/mol. The Morgan fingerprint density at radius 1 is 1.07 bits per heavy atom. The molecule has 0 fully saturated rings. The molecule has 0 aliphatic heterocycles. The van der Waals surface area contributed by atoms with Crippen LogP contribution in [0.15, 0.2) is 53.4 Å². The Labute approximate surface area is 182 Å². The van der Waals surface area contributed by atoms with Gasteiger partial charge in [0.25, 0.3) is 5.91 Å². The molecule has 2 N–H and O–H groups in total. The molecule has 11 heteroatoms. The van der Waals surface area contributed by atoms with Crippen molar-refractivity contribution in [1.82, 2.24) is 20.1 Å². The van der Waals surface area contributed by atoms with Crippen LogP contribution in [0.1, 0.15) is 11.4 Å². The number of nitrogens with one attached hydrogen (secondary N) is 2. The van der Waals surface area contributed by atoms with Crippen LogP contribution in [0.25, 0.3) is 10.2 Å². The molecule has 0 atom stereocenters. The Hall–Kier alpha value is -2.53. The lowest BCUT2D eigenvalue weighted by molar-refractivity contribution is -0.128. The first-order chi connectivity index (χ1) is 14.3. The number of hydrazine groups is 1. The molecule has 0 aliphatic carbocycles. The molecule has 0 radical (unpaired) electrons. The molecule has 30 heavy (non-hydrogen) atoms. The fourth-order valence-corrected chi connectivity index (χ4v) is 4.78. The lowest BCUT2D eigenvalue weighted by atomic mass is 10.3. The molecule has 0 bridgehead atoms. The molecule has 0 spiro atoms. The molecule has 158 valence electrons. The second-order valence-corrected chi connectivity index (χ2v) is 9.98. The molecule has 0 saturated carbocycles. The number of likely N-dealkylation sites (N-methyl/N-ethyl adjacent to an activating group) is 1. The maximum absolute atomic E-state index is 12.5. The van der Waals surface area contributed by atoms with Crippen LogP contribution in [0, 0.1) is 0 Å². The number of benzene rings is 2. The molecule has 1 aromatic heterocycles. The first-order valence-electron chi connectivity index (χ1n) is 8.90. The number of sulfonamides is 1. The number of thiazole rings is 1. The van der Waals surface area contributed by atoms with E-state index >= 15 is 0 Å². The minimum absolute atomic E-state index is 0.0158. The summed E-state index contributed by atoms with van der Waals surface area (Å²) in [6.07, 6.45) is 0.574. The monoisotopic (exact) mass is 466 g/mol. The molecule has 3 aromatic rings. The third kappa shape index (κ3) is 5.54. The van der Waals surface area contributed by atoms with Crippen LogP contribution in [0.2, 0.25) is 5.02 Å². The summed E-state index contributed by atoms with van der Waals surface area (Å²) in [5.41, 5.74) is 5.40. The van der Waals surface area contributed by atoms with Crippen molar-refractivity contribution < 1.29 is 18.0 Å². The van der Waals surface area contributed by atoms with Gasteiger partial charge in [0, 0.05) is 24.9 Å². The van der Waals surface area contributed by atoms with Crippen molar-refractivity contribution in [2.24, 2.45) is 0 Å². The first-order valence-corrected chi connectivity index (χ1v) is 11.5. The molecule has 2 aromatic carbocycles. The summed E-state index contributed by atoms with van der Waals surface area (Å²) in [7, 11) is -2.58. The van der Waals surface area contributed by atoms with Crippen LogP contribution in [0.4, 0.5) is 0 Å². The Morgan fingerprint density at radius 3 is 2.43 bits per heavy atom. The highest BCUT2D eigenvalue weighted by molar-refractivity contribution is 7.89. The second-order valence-electron chi connectivity index (χ2n) is 6.39. The topological polar surface area (TPSA) is 108 Å². The summed E-state index contributed by atoms with van der Waals surface area (Å²) < 4.78 is 26.9. The summed E-state index contributed by atoms with van der Waals surface area (Å²) in [5, 5.41) is 1.23. The molecule has 0 unspecified atom stereocenters. The number of carbonyl (C=O) groups is 2. The number of aromatic nitrogens is 1. The van der Waals surface area contributed by atoms with Gasteiger partial charge in [-0.3, -0.25) is 20.4 Å².